The molecule has 1 saturated heterocycles. The van der Waals surface area contributed by atoms with Gasteiger partial charge in [0.1, 0.15) is 11.8 Å². The highest BCUT2D eigenvalue weighted by Crippen LogP contribution is 2.34. The van der Waals surface area contributed by atoms with Crippen LogP contribution in [0.3, 0.4) is 0 Å². The number of rotatable bonds is 7. The number of anilines is 2. The zero-order valence-electron chi connectivity index (χ0n) is 19.0. The van der Waals surface area contributed by atoms with Crippen LogP contribution in [0.5, 0.6) is 17.2 Å². The molecule has 0 unspecified atom stereocenters. The summed E-state index contributed by atoms with van der Waals surface area (Å²) >= 11 is 5.74. The Hall–Kier alpha value is -4.11. The van der Waals surface area contributed by atoms with Crippen LogP contribution in [0.4, 0.5) is 11.4 Å². The molecular weight excluding hydrogens is 466 g/mol. The van der Waals surface area contributed by atoms with Gasteiger partial charge in [-0.3, -0.25) is 14.5 Å². The predicted octanol–water partition coefficient (Wildman–Crippen LogP) is 3.96. The molecule has 0 bridgehead atoms. The number of fused-ring (bicyclic) bond motifs is 1. The van der Waals surface area contributed by atoms with Crippen LogP contribution in [-0.4, -0.2) is 41.8 Å². The summed E-state index contributed by atoms with van der Waals surface area (Å²) in [5.74, 6) is 1.48. The van der Waals surface area contributed by atoms with Crippen molar-refractivity contribution < 1.29 is 23.8 Å². The van der Waals surface area contributed by atoms with Crippen LogP contribution in [0, 0.1) is 0 Å². The number of carbonyl (C=O) groups is 2. The zero-order chi connectivity index (χ0) is 24.4. The zero-order valence-corrected chi connectivity index (χ0v) is 19.8. The number of benzene rings is 3. The molecule has 0 aromatic heterocycles. The highest BCUT2D eigenvalue weighted by atomic mass is 32.1. The average Bonchev–Trinajstić information content (AvgIpc) is 3.43. The van der Waals surface area contributed by atoms with Gasteiger partial charge in [-0.15, -0.1) is 0 Å². The number of ether oxygens (including phenoxy) is 3. The van der Waals surface area contributed by atoms with Gasteiger partial charge in [-0.2, -0.15) is 0 Å². The van der Waals surface area contributed by atoms with E-state index in [0.717, 1.165) is 5.56 Å². The van der Waals surface area contributed by atoms with E-state index < -0.39 is 6.04 Å². The van der Waals surface area contributed by atoms with Crippen molar-refractivity contribution in [3.8, 4) is 17.2 Å². The first kappa shape index (κ1) is 22.7. The first-order valence-corrected chi connectivity index (χ1v) is 11.5. The van der Waals surface area contributed by atoms with Crippen LogP contribution >= 0.6 is 12.2 Å². The van der Waals surface area contributed by atoms with E-state index in [1.807, 2.05) is 48.5 Å². The van der Waals surface area contributed by atoms with Crippen molar-refractivity contribution in [2.24, 2.45) is 0 Å². The van der Waals surface area contributed by atoms with Crippen molar-refractivity contribution >= 4 is 40.5 Å². The van der Waals surface area contributed by atoms with Crippen molar-refractivity contribution in [3.05, 3.63) is 78.4 Å². The number of amides is 2. The summed E-state index contributed by atoms with van der Waals surface area (Å²) in [6.07, 6.45) is -0.0567. The van der Waals surface area contributed by atoms with Crippen molar-refractivity contribution in [1.82, 2.24) is 4.90 Å². The van der Waals surface area contributed by atoms with Gasteiger partial charge >= 0.3 is 0 Å². The van der Waals surface area contributed by atoms with Gasteiger partial charge in [0.2, 0.25) is 12.7 Å². The lowest BCUT2D eigenvalue weighted by Crippen LogP contribution is -2.37. The summed E-state index contributed by atoms with van der Waals surface area (Å²) in [4.78, 5) is 29.8. The molecule has 2 amide bonds. The summed E-state index contributed by atoms with van der Waals surface area (Å²) in [6, 6.07) is 21.1. The molecule has 2 aliphatic rings. The standard InChI is InChI=1S/C26H23N3O5S/c1-32-20-10-8-18(9-11-20)27-24(30)14-21-25(31)29(19-5-3-2-4-6-19)26(35)28(21)15-17-7-12-22-23(13-17)34-16-33-22/h2-13,21H,14-16H2,1H3,(H,27,30)/t21-/m0/s1. The van der Waals surface area contributed by atoms with Crippen LogP contribution in [-0.2, 0) is 16.1 Å². The van der Waals surface area contributed by atoms with Crippen LogP contribution in [0.2, 0.25) is 0 Å². The first-order valence-electron chi connectivity index (χ1n) is 11.1. The number of para-hydroxylation sites is 1. The average molecular weight is 490 g/mol. The molecule has 35 heavy (non-hydrogen) atoms. The molecule has 5 rings (SSSR count). The highest BCUT2D eigenvalue weighted by Gasteiger charge is 2.44. The molecule has 3 aromatic rings. The lowest BCUT2D eigenvalue weighted by molar-refractivity contribution is -0.124. The highest BCUT2D eigenvalue weighted by molar-refractivity contribution is 7.80. The molecule has 0 radical (unpaired) electrons. The van der Waals surface area contributed by atoms with E-state index in [9.17, 15) is 9.59 Å². The van der Waals surface area contributed by atoms with E-state index in [2.05, 4.69) is 5.32 Å². The van der Waals surface area contributed by atoms with Crippen molar-refractivity contribution in [2.45, 2.75) is 19.0 Å². The fourth-order valence-electron chi connectivity index (χ4n) is 4.13. The van der Waals surface area contributed by atoms with Crippen LogP contribution < -0.4 is 24.4 Å². The first-order chi connectivity index (χ1) is 17.0. The van der Waals surface area contributed by atoms with Crippen LogP contribution in [0.1, 0.15) is 12.0 Å². The smallest absolute Gasteiger partial charge is 0.256 e. The molecule has 178 valence electrons. The second-order valence-corrected chi connectivity index (χ2v) is 8.47. The lowest BCUT2D eigenvalue weighted by Gasteiger charge is -2.24. The minimum Gasteiger partial charge on any atom is -0.497 e. The molecule has 3 aromatic carbocycles. The fourth-order valence-corrected chi connectivity index (χ4v) is 4.51. The molecule has 8 nitrogen and oxygen atoms in total. The molecular formula is C26H23N3O5S. The molecule has 2 aliphatic heterocycles. The monoisotopic (exact) mass is 489 g/mol. The maximum Gasteiger partial charge on any atom is 0.256 e. The topological polar surface area (TPSA) is 80.3 Å². The molecule has 0 spiro atoms. The van der Waals surface area contributed by atoms with Gasteiger partial charge in [-0.1, -0.05) is 24.3 Å². The molecule has 2 heterocycles. The molecule has 0 saturated carbocycles. The van der Waals surface area contributed by atoms with Crippen molar-refractivity contribution in [1.29, 1.82) is 0 Å². The molecule has 1 atom stereocenters. The Kier molecular flexibility index (Phi) is 6.24. The fraction of sp³-hybridized carbons (Fsp3) is 0.192. The Morgan fingerprint density at radius 2 is 1.80 bits per heavy atom. The van der Waals surface area contributed by atoms with E-state index >= 15 is 0 Å². The maximum atomic E-state index is 13.5. The number of hydrogen-bond acceptors (Lipinski definition) is 6. The van der Waals surface area contributed by atoms with Crippen molar-refractivity contribution in [3.63, 3.8) is 0 Å². The second kappa shape index (κ2) is 9.63. The summed E-state index contributed by atoms with van der Waals surface area (Å²) in [6.45, 7) is 0.514. The second-order valence-electron chi connectivity index (χ2n) is 8.10. The van der Waals surface area contributed by atoms with Crippen LogP contribution in [0.25, 0.3) is 0 Å². The lowest BCUT2D eigenvalue weighted by atomic mass is 10.1. The van der Waals surface area contributed by atoms with E-state index in [1.165, 1.54) is 4.90 Å². The molecule has 1 fully saturated rings. The van der Waals surface area contributed by atoms with Gasteiger partial charge < -0.3 is 24.4 Å². The SMILES string of the molecule is COc1ccc(NC(=O)C[C@H]2C(=O)N(c3ccccc3)C(=S)N2Cc2ccc3c(c2)OCO3)cc1. The molecule has 1 N–H and O–H groups in total. The number of nitrogens with one attached hydrogen (secondary N) is 1. The van der Waals surface area contributed by atoms with Crippen LogP contribution in [0.15, 0.2) is 72.8 Å². The summed E-state index contributed by atoms with van der Waals surface area (Å²) in [5, 5.41) is 3.21. The summed E-state index contributed by atoms with van der Waals surface area (Å²) in [5.41, 5.74) is 2.17. The summed E-state index contributed by atoms with van der Waals surface area (Å²) in [7, 11) is 1.58. The van der Waals surface area contributed by atoms with Gasteiger partial charge in [-0.25, -0.2) is 0 Å². The third-order valence-corrected chi connectivity index (χ3v) is 6.29. The van der Waals surface area contributed by atoms with E-state index in [1.54, 1.807) is 36.3 Å². The van der Waals surface area contributed by atoms with E-state index in [0.29, 0.717) is 40.3 Å². The Labute approximate surface area is 208 Å². The minimum atomic E-state index is -0.758. The molecule has 0 aliphatic carbocycles. The van der Waals surface area contributed by atoms with Gasteiger partial charge in [-0.05, 0) is 66.3 Å². The Balaban J connectivity index is 1.39. The van der Waals surface area contributed by atoms with Gasteiger partial charge in [0.05, 0.1) is 19.2 Å². The normalized spacial score (nSPS) is 16.5. The quantitative estimate of drug-likeness (QED) is 0.504. The Bertz CT molecular complexity index is 1270. The third kappa shape index (κ3) is 4.63. The van der Waals surface area contributed by atoms with Gasteiger partial charge in [0.25, 0.3) is 5.91 Å². The number of hydrogen-bond donors (Lipinski definition) is 1. The van der Waals surface area contributed by atoms with Crippen molar-refractivity contribution in [2.75, 3.05) is 24.1 Å². The number of thiocarbonyl (C=S) groups is 1. The van der Waals surface area contributed by atoms with Gasteiger partial charge in [0, 0.05) is 12.2 Å². The predicted molar refractivity (Wildman–Crippen MR) is 135 cm³/mol. The maximum absolute atomic E-state index is 13.5. The minimum absolute atomic E-state index is 0.0567. The molecule has 9 heteroatoms. The Morgan fingerprint density at radius 1 is 1.06 bits per heavy atom. The number of carbonyl (C=O) groups excluding carboxylic acids is 2. The number of methoxy groups -OCH3 is 1. The number of nitrogens with zero attached hydrogens (tertiary/aromatic N) is 2. The largest absolute Gasteiger partial charge is 0.497 e. The third-order valence-electron chi connectivity index (χ3n) is 5.88. The van der Waals surface area contributed by atoms with Gasteiger partial charge in [0.15, 0.2) is 16.6 Å². The Morgan fingerprint density at radius 3 is 2.54 bits per heavy atom. The van der Waals surface area contributed by atoms with E-state index in [4.69, 9.17) is 26.4 Å². The van der Waals surface area contributed by atoms with E-state index in [-0.39, 0.29) is 25.0 Å². The summed E-state index contributed by atoms with van der Waals surface area (Å²) < 4.78 is 16.0.